The van der Waals surface area contributed by atoms with Crippen molar-refractivity contribution in [1.82, 2.24) is 4.98 Å². The predicted octanol–water partition coefficient (Wildman–Crippen LogP) is 3.35. The lowest BCUT2D eigenvalue weighted by molar-refractivity contribution is -0.117. The third-order valence-corrected chi connectivity index (χ3v) is 2.65. The lowest BCUT2D eigenvalue weighted by Crippen LogP contribution is -2.19. The highest BCUT2D eigenvalue weighted by molar-refractivity contribution is 5.89. The van der Waals surface area contributed by atoms with Gasteiger partial charge < -0.3 is 5.32 Å². The zero-order chi connectivity index (χ0) is 14.5. The highest BCUT2D eigenvalue weighted by atomic mass is 16.1. The fourth-order valence-electron chi connectivity index (χ4n) is 2.16. The van der Waals surface area contributed by atoms with Crippen LogP contribution in [0.15, 0.2) is 18.3 Å². The van der Waals surface area contributed by atoms with E-state index in [9.17, 15) is 4.79 Å². The third kappa shape index (κ3) is 6.01. The number of carbonyl (C=O) groups is 1. The molecule has 4 heteroatoms. The summed E-state index contributed by atoms with van der Waals surface area (Å²) in [6.45, 7) is 8.59. The van der Waals surface area contributed by atoms with E-state index in [0.29, 0.717) is 23.7 Å². The van der Waals surface area contributed by atoms with E-state index in [1.54, 1.807) is 12.1 Å². The number of carbonyl (C=O) groups excluding carboxylic acids is 1. The molecule has 1 aromatic rings. The Balaban J connectivity index is 2.49. The van der Waals surface area contributed by atoms with Crippen LogP contribution in [0.4, 0.5) is 5.82 Å². The fraction of sp³-hybridized carbons (Fsp3) is 0.533. The summed E-state index contributed by atoms with van der Waals surface area (Å²) in [6, 6.07) is 5.27. The highest BCUT2D eigenvalue weighted by Gasteiger charge is 2.17. The van der Waals surface area contributed by atoms with Crippen molar-refractivity contribution in [1.29, 1.82) is 5.26 Å². The van der Waals surface area contributed by atoms with Crippen LogP contribution in [0.5, 0.6) is 0 Å². The van der Waals surface area contributed by atoms with E-state index in [0.717, 1.165) is 6.42 Å². The van der Waals surface area contributed by atoms with Gasteiger partial charge in [0.1, 0.15) is 11.9 Å². The van der Waals surface area contributed by atoms with Crippen molar-refractivity contribution in [2.75, 3.05) is 5.32 Å². The van der Waals surface area contributed by atoms with Crippen LogP contribution >= 0.6 is 0 Å². The second kappa shape index (κ2) is 6.33. The quantitative estimate of drug-likeness (QED) is 0.901. The molecule has 1 N–H and O–H groups in total. The van der Waals surface area contributed by atoms with E-state index in [4.69, 9.17) is 5.26 Å². The first kappa shape index (κ1) is 15.2. The molecule has 1 heterocycles. The summed E-state index contributed by atoms with van der Waals surface area (Å²) in [5.74, 6) is 0.791. The molecule has 1 amide bonds. The van der Waals surface area contributed by atoms with Crippen molar-refractivity contribution < 1.29 is 4.79 Å². The molecule has 0 aliphatic heterocycles. The molecule has 0 saturated carbocycles. The number of hydrogen-bond acceptors (Lipinski definition) is 3. The van der Waals surface area contributed by atoms with Gasteiger partial charge in [-0.05, 0) is 29.9 Å². The van der Waals surface area contributed by atoms with Gasteiger partial charge in [-0.15, -0.1) is 0 Å². The molecular formula is C15H21N3O. The summed E-state index contributed by atoms with van der Waals surface area (Å²) < 4.78 is 0. The molecule has 0 fully saturated rings. The molecule has 19 heavy (non-hydrogen) atoms. The Morgan fingerprint density at radius 2 is 2.16 bits per heavy atom. The Labute approximate surface area is 114 Å². The van der Waals surface area contributed by atoms with Crippen LogP contribution in [0.25, 0.3) is 0 Å². The van der Waals surface area contributed by atoms with E-state index in [1.165, 1.54) is 6.20 Å². The minimum atomic E-state index is -0.0334. The molecular weight excluding hydrogens is 238 g/mol. The largest absolute Gasteiger partial charge is 0.311 e. The number of anilines is 1. The Bertz CT molecular complexity index is 466. The van der Waals surface area contributed by atoms with Gasteiger partial charge in [0, 0.05) is 12.6 Å². The Kier molecular flexibility index (Phi) is 5.05. The molecule has 1 atom stereocenters. The average Bonchev–Trinajstić information content (AvgIpc) is 2.27. The van der Waals surface area contributed by atoms with E-state index in [1.807, 2.05) is 6.07 Å². The number of nitriles is 1. The molecule has 0 spiro atoms. The summed E-state index contributed by atoms with van der Waals surface area (Å²) in [4.78, 5) is 15.9. The summed E-state index contributed by atoms with van der Waals surface area (Å²) in [6.07, 6.45) is 2.94. The van der Waals surface area contributed by atoms with Gasteiger partial charge in [0.05, 0.1) is 5.56 Å². The topological polar surface area (TPSA) is 65.8 Å². The molecule has 0 aromatic carbocycles. The average molecular weight is 259 g/mol. The molecule has 0 bridgehead atoms. The molecule has 0 saturated heterocycles. The van der Waals surface area contributed by atoms with E-state index in [-0.39, 0.29) is 11.3 Å². The summed E-state index contributed by atoms with van der Waals surface area (Å²) in [5.41, 5.74) is 0.714. The predicted molar refractivity (Wildman–Crippen MR) is 75.4 cm³/mol. The van der Waals surface area contributed by atoms with Crippen molar-refractivity contribution in [2.24, 2.45) is 11.3 Å². The first-order valence-electron chi connectivity index (χ1n) is 6.46. The van der Waals surface area contributed by atoms with Crippen molar-refractivity contribution in [3.05, 3.63) is 23.9 Å². The lowest BCUT2D eigenvalue weighted by atomic mass is 9.84. The van der Waals surface area contributed by atoms with Gasteiger partial charge in [0.25, 0.3) is 0 Å². The molecule has 102 valence electrons. The van der Waals surface area contributed by atoms with Gasteiger partial charge in [-0.25, -0.2) is 4.98 Å². The van der Waals surface area contributed by atoms with E-state index >= 15 is 0 Å². The van der Waals surface area contributed by atoms with Gasteiger partial charge in [-0.3, -0.25) is 4.79 Å². The number of rotatable bonds is 4. The normalized spacial score (nSPS) is 12.6. The van der Waals surface area contributed by atoms with Crippen LogP contribution in [0.2, 0.25) is 0 Å². The minimum Gasteiger partial charge on any atom is -0.311 e. The van der Waals surface area contributed by atoms with Gasteiger partial charge in [0.2, 0.25) is 5.91 Å². The Hall–Kier alpha value is -1.89. The smallest absolute Gasteiger partial charge is 0.225 e. The van der Waals surface area contributed by atoms with Crippen LogP contribution in [0.1, 0.15) is 46.1 Å². The molecule has 0 radical (unpaired) electrons. The zero-order valence-corrected chi connectivity index (χ0v) is 12.0. The molecule has 0 aliphatic rings. The number of nitrogens with one attached hydrogen (secondary N) is 1. The second-order valence-corrected chi connectivity index (χ2v) is 6.17. The Morgan fingerprint density at radius 3 is 2.63 bits per heavy atom. The van der Waals surface area contributed by atoms with Crippen molar-refractivity contribution in [2.45, 2.75) is 40.5 Å². The van der Waals surface area contributed by atoms with Crippen molar-refractivity contribution in [3.8, 4) is 6.07 Å². The third-order valence-electron chi connectivity index (χ3n) is 2.65. The van der Waals surface area contributed by atoms with E-state index in [2.05, 4.69) is 38.0 Å². The van der Waals surface area contributed by atoms with Crippen LogP contribution in [-0.4, -0.2) is 10.9 Å². The van der Waals surface area contributed by atoms with Crippen LogP contribution < -0.4 is 5.32 Å². The summed E-state index contributed by atoms with van der Waals surface area (Å²) in [7, 11) is 0. The number of aromatic nitrogens is 1. The summed E-state index contributed by atoms with van der Waals surface area (Å²) in [5, 5.41) is 11.4. The molecule has 4 nitrogen and oxygen atoms in total. The first-order chi connectivity index (χ1) is 8.80. The monoisotopic (exact) mass is 259 g/mol. The van der Waals surface area contributed by atoms with Crippen LogP contribution in [0.3, 0.4) is 0 Å². The van der Waals surface area contributed by atoms with Gasteiger partial charge in [-0.1, -0.05) is 27.7 Å². The SMILES string of the molecule is CC(CC(=O)Nc1ccc(C#N)cn1)CC(C)(C)C. The first-order valence-corrected chi connectivity index (χ1v) is 6.46. The van der Waals surface area contributed by atoms with Crippen molar-refractivity contribution in [3.63, 3.8) is 0 Å². The minimum absolute atomic E-state index is 0.0334. The zero-order valence-electron chi connectivity index (χ0n) is 12.0. The maximum Gasteiger partial charge on any atom is 0.225 e. The van der Waals surface area contributed by atoms with Gasteiger partial charge in [-0.2, -0.15) is 5.26 Å². The van der Waals surface area contributed by atoms with Crippen LogP contribution in [-0.2, 0) is 4.79 Å². The fourth-order valence-corrected chi connectivity index (χ4v) is 2.16. The van der Waals surface area contributed by atoms with E-state index < -0.39 is 0 Å². The van der Waals surface area contributed by atoms with Crippen LogP contribution in [0, 0.1) is 22.7 Å². The number of amides is 1. The standard InChI is InChI=1S/C15H21N3O/c1-11(8-15(2,3)4)7-14(19)18-13-6-5-12(9-16)10-17-13/h5-6,10-11H,7-8H2,1-4H3,(H,17,18,19). The molecule has 1 rings (SSSR count). The summed E-state index contributed by atoms with van der Waals surface area (Å²) >= 11 is 0. The number of nitrogens with zero attached hydrogens (tertiary/aromatic N) is 2. The highest BCUT2D eigenvalue weighted by Crippen LogP contribution is 2.26. The van der Waals surface area contributed by atoms with Gasteiger partial charge in [0.15, 0.2) is 0 Å². The maximum atomic E-state index is 11.8. The molecule has 1 aromatic heterocycles. The molecule has 1 unspecified atom stereocenters. The van der Waals surface area contributed by atoms with Crippen molar-refractivity contribution >= 4 is 11.7 Å². The second-order valence-electron chi connectivity index (χ2n) is 6.17. The maximum absolute atomic E-state index is 11.8. The number of hydrogen-bond donors (Lipinski definition) is 1. The van der Waals surface area contributed by atoms with Gasteiger partial charge >= 0.3 is 0 Å². The molecule has 0 aliphatic carbocycles. The Morgan fingerprint density at radius 1 is 1.47 bits per heavy atom. The number of pyridine rings is 1. The lowest BCUT2D eigenvalue weighted by Gasteiger charge is -2.22.